The highest BCUT2D eigenvalue weighted by Gasteiger charge is 2.24. The highest BCUT2D eigenvalue weighted by molar-refractivity contribution is 5.59. The molecular formula is C16H23N3O. The summed E-state index contributed by atoms with van der Waals surface area (Å²) in [6.45, 7) is 4.90. The Bertz CT molecular complexity index is 507. The Kier molecular flexibility index (Phi) is 4.97. The van der Waals surface area contributed by atoms with Crippen molar-refractivity contribution in [3.63, 3.8) is 0 Å². The number of aromatic nitrogens is 1. The molecule has 0 aromatic carbocycles. The standard InChI is InChI=1S/C16H23N3O/c1-11-7-16(15(8-17)12(2)19-11)18-9-13-5-3-4-6-14(13)10-20/h7,13-14,20H,3-6,9-10H2,1-2H3,(H,18,19). The van der Waals surface area contributed by atoms with Gasteiger partial charge in [-0.05, 0) is 44.6 Å². The second-order valence-electron chi connectivity index (χ2n) is 5.75. The zero-order valence-electron chi connectivity index (χ0n) is 12.3. The highest BCUT2D eigenvalue weighted by atomic mass is 16.3. The number of rotatable bonds is 4. The number of nitriles is 1. The summed E-state index contributed by atoms with van der Waals surface area (Å²) in [6.07, 6.45) is 4.73. The number of anilines is 1. The van der Waals surface area contributed by atoms with Gasteiger partial charge in [-0.25, -0.2) is 0 Å². The molecule has 2 N–H and O–H groups in total. The van der Waals surface area contributed by atoms with E-state index < -0.39 is 0 Å². The Labute approximate surface area is 120 Å². The summed E-state index contributed by atoms with van der Waals surface area (Å²) in [4.78, 5) is 4.33. The number of pyridine rings is 1. The molecule has 1 heterocycles. The van der Waals surface area contributed by atoms with Crippen molar-refractivity contribution in [3.05, 3.63) is 23.0 Å². The maximum Gasteiger partial charge on any atom is 0.103 e. The first-order chi connectivity index (χ1) is 9.65. The van der Waals surface area contributed by atoms with Gasteiger partial charge < -0.3 is 10.4 Å². The zero-order valence-corrected chi connectivity index (χ0v) is 12.3. The van der Waals surface area contributed by atoms with Crippen LogP contribution in [0.2, 0.25) is 0 Å². The maximum atomic E-state index is 9.46. The molecule has 0 amide bonds. The van der Waals surface area contributed by atoms with Gasteiger partial charge >= 0.3 is 0 Å². The molecule has 1 aliphatic carbocycles. The van der Waals surface area contributed by atoms with Gasteiger partial charge in [0, 0.05) is 18.8 Å². The third-order valence-electron chi connectivity index (χ3n) is 4.30. The van der Waals surface area contributed by atoms with Gasteiger partial charge in [-0.1, -0.05) is 12.8 Å². The molecule has 4 nitrogen and oxygen atoms in total. The third-order valence-corrected chi connectivity index (χ3v) is 4.30. The maximum absolute atomic E-state index is 9.46. The fourth-order valence-electron chi connectivity index (χ4n) is 3.14. The lowest BCUT2D eigenvalue weighted by Crippen LogP contribution is -2.28. The summed E-state index contributed by atoms with van der Waals surface area (Å²) in [5, 5.41) is 22.1. The second-order valence-corrected chi connectivity index (χ2v) is 5.75. The van der Waals surface area contributed by atoms with E-state index in [1.807, 2.05) is 19.9 Å². The van der Waals surface area contributed by atoms with Gasteiger partial charge in [-0.15, -0.1) is 0 Å². The van der Waals surface area contributed by atoms with E-state index in [9.17, 15) is 10.4 Å². The predicted molar refractivity (Wildman–Crippen MR) is 79.4 cm³/mol. The summed E-state index contributed by atoms with van der Waals surface area (Å²) in [7, 11) is 0. The molecule has 1 saturated carbocycles. The molecule has 1 aliphatic rings. The van der Waals surface area contributed by atoms with Crippen LogP contribution in [0.25, 0.3) is 0 Å². The van der Waals surface area contributed by atoms with Crippen LogP contribution >= 0.6 is 0 Å². The first-order valence-electron chi connectivity index (χ1n) is 7.38. The highest BCUT2D eigenvalue weighted by Crippen LogP contribution is 2.30. The van der Waals surface area contributed by atoms with Crippen molar-refractivity contribution in [2.45, 2.75) is 39.5 Å². The third kappa shape index (κ3) is 3.29. The lowest BCUT2D eigenvalue weighted by Gasteiger charge is -2.30. The van der Waals surface area contributed by atoms with Gasteiger partial charge in [0.15, 0.2) is 0 Å². The van der Waals surface area contributed by atoms with E-state index >= 15 is 0 Å². The molecule has 0 saturated heterocycles. The predicted octanol–water partition coefficient (Wildman–Crippen LogP) is 2.78. The van der Waals surface area contributed by atoms with Crippen LogP contribution in [0.3, 0.4) is 0 Å². The van der Waals surface area contributed by atoms with E-state index in [0.717, 1.165) is 36.5 Å². The summed E-state index contributed by atoms with van der Waals surface area (Å²) >= 11 is 0. The molecule has 0 aliphatic heterocycles. The monoisotopic (exact) mass is 273 g/mol. The van der Waals surface area contributed by atoms with Crippen LogP contribution in [0.5, 0.6) is 0 Å². The van der Waals surface area contributed by atoms with Crippen molar-refractivity contribution < 1.29 is 5.11 Å². The Morgan fingerprint density at radius 3 is 2.70 bits per heavy atom. The largest absolute Gasteiger partial charge is 0.396 e. The summed E-state index contributed by atoms with van der Waals surface area (Å²) in [5.74, 6) is 0.889. The Morgan fingerprint density at radius 1 is 1.35 bits per heavy atom. The minimum Gasteiger partial charge on any atom is -0.396 e. The number of hydrogen-bond acceptors (Lipinski definition) is 4. The van der Waals surface area contributed by atoms with Crippen molar-refractivity contribution in [2.75, 3.05) is 18.5 Å². The SMILES string of the molecule is Cc1cc(NCC2CCCCC2CO)c(C#N)c(C)n1. The van der Waals surface area contributed by atoms with Crippen LogP contribution in [-0.2, 0) is 0 Å². The zero-order chi connectivity index (χ0) is 14.5. The van der Waals surface area contributed by atoms with E-state index in [4.69, 9.17) is 0 Å². The minimum absolute atomic E-state index is 0.270. The molecule has 0 bridgehead atoms. The summed E-state index contributed by atoms with van der Waals surface area (Å²) < 4.78 is 0. The molecule has 1 fully saturated rings. The number of nitrogens with zero attached hydrogens (tertiary/aromatic N) is 2. The number of hydrogen-bond donors (Lipinski definition) is 2. The molecule has 2 atom stereocenters. The molecule has 2 unspecified atom stereocenters. The van der Waals surface area contributed by atoms with E-state index in [1.165, 1.54) is 12.8 Å². The molecule has 2 rings (SSSR count). The molecule has 1 aromatic rings. The lowest BCUT2D eigenvalue weighted by atomic mass is 9.79. The van der Waals surface area contributed by atoms with Crippen LogP contribution in [0.15, 0.2) is 6.07 Å². The van der Waals surface area contributed by atoms with Crippen molar-refractivity contribution in [1.29, 1.82) is 5.26 Å². The molecule has 108 valence electrons. The normalized spacial score (nSPS) is 22.3. The Hall–Kier alpha value is -1.60. The van der Waals surface area contributed by atoms with E-state index in [2.05, 4.69) is 16.4 Å². The van der Waals surface area contributed by atoms with Crippen molar-refractivity contribution in [3.8, 4) is 6.07 Å². The van der Waals surface area contributed by atoms with Crippen LogP contribution in [0.1, 0.15) is 42.6 Å². The van der Waals surface area contributed by atoms with Gasteiger partial charge in [0.05, 0.1) is 16.9 Å². The number of aryl methyl sites for hydroxylation is 2. The number of aliphatic hydroxyl groups excluding tert-OH is 1. The summed E-state index contributed by atoms with van der Waals surface area (Å²) in [6, 6.07) is 4.16. The van der Waals surface area contributed by atoms with Gasteiger partial charge in [-0.3, -0.25) is 4.98 Å². The second kappa shape index (κ2) is 6.71. The van der Waals surface area contributed by atoms with Crippen LogP contribution < -0.4 is 5.32 Å². The molecule has 20 heavy (non-hydrogen) atoms. The molecule has 0 radical (unpaired) electrons. The first kappa shape index (κ1) is 14.8. The number of aliphatic hydroxyl groups is 1. The summed E-state index contributed by atoms with van der Waals surface area (Å²) in [5.41, 5.74) is 3.20. The first-order valence-corrected chi connectivity index (χ1v) is 7.38. The molecule has 4 heteroatoms. The van der Waals surface area contributed by atoms with E-state index in [1.54, 1.807) is 0 Å². The van der Waals surface area contributed by atoms with E-state index in [0.29, 0.717) is 17.4 Å². The van der Waals surface area contributed by atoms with Gasteiger partial charge in [0.1, 0.15) is 6.07 Å². The average Bonchev–Trinajstić information content (AvgIpc) is 2.45. The van der Waals surface area contributed by atoms with Crippen molar-refractivity contribution >= 4 is 5.69 Å². The molecule has 0 spiro atoms. The van der Waals surface area contributed by atoms with E-state index in [-0.39, 0.29) is 6.61 Å². The average molecular weight is 273 g/mol. The molecular weight excluding hydrogens is 250 g/mol. The fourth-order valence-corrected chi connectivity index (χ4v) is 3.14. The Morgan fingerprint density at radius 2 is 2.05 bits per heavy atom. The topological polar surface area (TPSA) is 68.9 Å². The van der Waals surface area contributed by atoms with Gasteiger partial charge in [-0.2, -0.15) is 5.26 Å². The lowest BCUT2D eigenvalue weighted by molar-refractivity contribution is 0.141. The van der Waals surface area contributed by atoms with Gasteiger partial charge in [0.2, 0.25) is 0 Å². The van der Waals surface area contributed by atoms with Crippen LogP contribution in [0.4, 0.5) is 5.69 Å². The van der Waals surface area contributed by atoms with Gasteiger partial charge in [0.25, 0.3) is 0 Å². The fraction of sp³-hybridized carbons (Fsp3) is 0.625. The number of nitrogens with one attached hydrogen (secondary N) is 1. The smallest absolute Gasteiger partial charge is 0.103 e. The van der Waals surface area contributed by atoms with Crippen molar-refractivity contribution in [1.82, 2.24) is 4.98 Å². The van der Waals surface area contributed by atoms with Crippen molar-refractivity contribution in [2.24, 2.45) is 11.8 Å². The quantitative estimate of drug-likeness (QED) is 0.885. The minimum atomic E-state index is 0.270. The van der Waals surface area contributed by atoms with Crippen LogP contribution in [-0.4, -0.2) is 23.2 Å². The van der Waals surface area contributed by atoms with Crippen LogP contribution in [0, 0.1) is 37.0 Å². The Balaban J connectivity index is 2.09. The molecule has 1 aromatic heterocycles.